The third-order valence-corrected chi connectivity index (χ3v) is 5.27. The summed E-state index contributed by atoms with van der Waals surface area (Å²) in [6.07, 6.45) is 0. The summed E-state index contributed by atoms with van der Waals surface area (Å²) in [6.45, 7) is 2.12. The lowest BCUT2D eigenvalue weighted by Gasteiger charge is -2.17. The third-order valence-electron chi connectivity index (χ3n) is 5.27. The average molecular weight is 395 g/mol. The molecule has 1 N–H and O–H groups in total. The van der Waals surface area contributed by atoms with Crippen molar-refractivity contribution in [2.24, 2.45) is 0 Å². The van der Waals surface area contributed by atoms with Crippen molar-refractivity contribution in [3.05, 3.63) is 84.4 Å². The molecule has 6 heteroatoms. The van der Waals surface area contributed by atoms with Crippen LogP contribution in [0.25, 0.3) is 27.8 Å². The van der Waals surface area contributed by atoms with Crippen molar-refractivity contribution in [2.45, 2.75) is 13.0 Å². The lowest BCUT2D eigenvalue weighted by Crippen LogP contribution is -2.09. The van der Waals surface area contributed by atoms with Gasteiger partial charge in [-0.1, -0.05) is 59.8 Å². The van der Waals surface area contributed by atoms with Gasteiger partial charge < -0.3 is 10.1 Å². The average Bonchev–Trinajstić information content (AvgIpc) is 3.24. The highest BCUT2D eigenvalue weighted by molar-refractivity contribution is 5.93. The molecule has 5 rings (SSSR count). The Labute approximate surface area is 174 Å². The number of hydrogen-bond acceptors (Lipinski definition) is 5. The highest BCUT2D eigenvalue weighted by Crippen LogP contribution is 2.30. The predicted molar refractivity (Wildman–Crippen MR) is 119 cm³/mol. The summed E-state index contributed by atoms with van der Waals surface area (Å²) in [5, 5.41) is 13.4. The number of anilines is 1. The van der Waals surface area contributed by atoms with Crippen LogP contribution in [0.4, 0.5) is 5.82 Å². The highest BCUT2D eigenvalue weighted by atomic mass is 16.5. The van der Waals surface area contributed by atoms with Gasteiger partial charge >= 0.3 is 0 Å². The second-order valence-corrected chi connectivity index (χ2v) is 7.16. The molecule has 0 aliphatic heterocycles. The molecule has 0 saturated heterocycles. The van der Waals surface area contributed by atoms with E-state index < -0.39 is 0 Å². The molecule has 6 nitrogen and oxygen atoms in total. The number of rotatable bonds is 5. The minimum atomic E-state index is 0.0605. The fraction of sp³-hybridized carbons (Fsp3) is 0.125. The Hall–Kier alpha value is -3.93. The lowest BCUT2D eigenvalue weighted by molar-refractivity contribution is 0.414. The van der Waals surface area contributed by atoms with Gasteiger partial charge in [-0.2, -0.15) is 4.52 Å². The first-order valence-electron chi connectivity index (χ1n) is 9.84. The summed E-state index contributed by atoms with van der Waals surface area (Å²) in [6, 6.07) is 26.2. The van der Waals surface area contributed by atoms with E-state index in [0.717, 1.165) is 44.9 Å². The zero-order valence-corrected chi connectivity index (χ0v) is 16.8. The molecule has 0 aliphatic carbocycles. The predicted octanol–water partition coefficient (Wildman–Crippen LogP) is 5.13. The summed E-state index contributed by atoms with van der Waals surface area (Å²) in [5.74, 6) is 1.65. The SMILES string of the molecule is COc1ccc([C@@H](C)Nc2nc3c(-c4ccccc4)nnn3c3ccccc23)cc1. The summed E-state index contributed by atoms with van der Waals surface area (Å²) in [4.78, 5) is 4.94. The van der Waals surface area contributed by atoms with Gasteiger partial charge in [0.1, 0.15) is 17.3 Å². The minimum Gasteiger partial charge on any atom is -0.497 e. The number of aromatic nitrogens is 4. The van der Waals surface area contributed by atoms with Crippen molar-refractivity contribution in [3.63, 3.8) is 0 Å². The molecular formula is C24H21N5O. The van der Waals surface area contributed by atoms with Crippen LogP contribution < -0.4 is 10.1 Å². The maximum Gasteiger partial charge on any atom is 0.186 e. The van der Waals surface area contributed by atoms with Crippen molar-refractivity contribution in [3.8, 4) is 17.0 Å². The van der Waals surface area contributed by atoms with E-state index in [2.05, 4.69) is 40.8 Å². The largest absolute Gasteiger partial charge is 0.497 e. The Bertz CT molecular complexity index is 1310. The topological polar surface area (TPSA) is 64.3 Å². The Morgan fingerprint density at radius 3 is 2.40 bits per heavy atom. The van der Waals surface area contributed by atoms with Crippen molar-refractivity contribution in [1.82, 2.24) is 19.8 Å². The second-order valence-electron chi connectivity index (χ2n) is 7.16. The Kier molecular flexibility index (Phi) is 4.52. The van der Waals surface area contributed by atoms with Crippen molar-refractivity contribution >= 4 is 22.4 Å². The fourth-order valence-electron chi connectivity index (χ4n) is 3.64. The normalized spacial score (nSPS) is 12.2. The van der Waals surface area contributed by atoms with Gasteiger partial charge in [0.05, 0.1) is 12.6 Å². The van der Waals surface area contributed by atoms with Gasteiger partial charge in [0, 0.05) is 17.0 Å². The number of methoxy groups -OCH3 is 1. The van der Waals surface area contributed by atoms with E-state index in [1.54, 1.807) is 11.6 Å². The van der Waals surface area contributed by atoms with Crippen molar-refractivity contribution < 1.29 is 4.74 Å². The standard InChI is InChI=1S/C24H21N5O/c1-16(17-12-14-19(30-2)15-13-17)25-23-20-10-6-7-11-21(20)29-24(26-23)22(27-28-29)18-8-4-3-5-9-18/h3-16H,1-2H3,(H,25,26)/t16-/m1/s1. The highest BCUT2D eigenvalue weighted by Gasteiger charge is 2.17. The molecule has 148 valence electrons. The van der Waals surface area contributed by atoms with Crippen LogP contribution in [0.1, 0.15) is 18.5 Å². The van der Waals surface area contributed by atoms with Gasteiger partial charge in [0.2, 0.25) is 0 Å². The van der Waals surface area contributed by atoms with Crippen LogP contribution in [0.3, 0.4) is 0 Å². The van der Waals surface area contributed by atoms with E-state index in [1.807, 2.05) is 60.7 Å². The molecule has 0 unspecified atom stereocenters. The molecular weight excluding hydrogens is 374 g/mol. The molecule has 3 aromatic carbocycles. The molecule has 0 saturated carbocycles. The molecule has 0 aliphatic rings. The number of para-hydroxylation sites is 1. The van der Waals surface area contributed by atoms with Crippen LogP contribution in [0.15, 0.2) is 78.9 Å². The smallest absolute Gasteiger partial charge is 0.186 e. The van der Waals surface area contributed by atoms with Gasteiger partial charge in [-0.15, -0.1) is 5.10 Å². The van der Waals surface area contributed by atoms with Gasteiger partial charge in [0.25, 0.3) is 0 Å². The number of hydrogen-bond donors (Lipinski definition) is 1. The summed E-state index contributed by atoms with van der Waals surface area (Å²) in [5.41, 5.74) is 4.59. The first kappa shape index (κ1) is 18.1. The number of nitrogens with zero attached hydrogens (tertiary/aromatic N) is 4. The van der Waals surface area contributed by atoms with E-state index in [4.69, 9.17) is 9.72 Å². The summed E-state index contributed by atoms with van der Waals surface area (Å²) >= 11 is 0. The molecule has 0 bridgehead atoms. The number of nitrogens with one attached hydrogen (secondary N) is 1. The van der Waals surface area contributed by atoms with Gasteiger partial charge in [-0.3, -0.25) is 0 Å². The van der Waals surface area contributed by atoms with Gasteiger partial charge in [-0.25, -0.2) is 4.98 Å². The molecule has 1 atom stereocenters. The first-order chi connectivity index (χ1) is 14.7. The van der Waals surface area contributed by atoms with Crippen molar-refractivity contribution in [2.75, 3.05) is 12.4 Å². The maximum atomic E-state index is 5.27. The molecule has 0 fully saturated rings. The van der Waals surface area contributed by atoms with E-state index in [9.17, 15) is 0 Å². The second kappa shape index (κ2) is 7.48. The molecule has 5 aromatic rings. The Balaban J connectivity index is 1.62. The molecule has 2 aromatic heterocycles. The zero-order chi connectivity index (χ0) is 20.5. The van der Waals surface area contributed by atoms with E-state index in [1.165, 1.54) is 0 Å². The number of benzene rings is 3. The van der Waals surface area contributed by atoms with E-state index >= 15 is 0 Å². The molecule has 0 amide bonds. The minimum absolute atomic E-state index is 0.0605. The van der Waals surface area contributed by atoms with Gasteiger partial charge in [-0.05, 0) is 36.8 Å². The van der Waals surface area contributed by atoms with Crippen molar-refractivity contribution in [1.29, 1.82) is 0 Å². The zero-order valence-electron chi connectivity index (χ0n) is 16.8. The first-order valence-corrected chi connectivity index (χ1v) is 9.84. The molecule has 30 heavy (non-hydrogen) atoms. The van der Waals surface area contributed by atoms with Gasteiger partial charge in [0.15, 0.2) is 5.65 Å². The summed E-state index contributed by atoms with van der Waals surface area (Å²) in [7, 11) is 1.67. The van der Waals surface area contributed by atoms with E-state index in [0.29, 0.717) is 0 Å². The van der Waals surface area contributed by atoms with Crippen LogP contribution in [0, 0.1) is 0 Å². The third kappa shape index (κ3) is 3.12. The number of ether oxygens (including phenoxy) is 1. The number of fused-ring (bicyclic) bond motifs is 3. The Morgan fingerprint density at radius 2 is 1.63 bits per heavy atom. The van der Waals surface area contributed by atoms with Crippen LogP contribution in [0.5, 0.6) is 5.75 Å². The van der Waals surface area contributed by atoms with Crippen LogP contribution in [-0.2, 0) is 0 Å². The van der Waals surface area contributed by atoms with Crippen LogP contribution in [-0.4, -0.2) is 26.9 Å². The summed E-state index contributed by atoms with van der Waals surface area (Å²) < 4.78 is 7.08. The quantitative estimate of drug-likeness (QED) is 0.447. The van der Waals surface area contributed by atoms with Crippen LogP contribution >= 0.6 is 0 Å². The Morgan fingerprint density at radius 1 is 0.900 bits per heavy atom. The van der Waals surface area contributed by atoms with E-state index in [-0.39, 0.29) is 6.04 Å². The monoisotopic (exact) mass is 395 g/mol. The fourth-order valence-corrected chi connectivity index (χ4v) is 3.64. The molecule has 2 heterocycles. The lowest BCUT2D eigenvalue weighted by atomic mass is 10.1. The maximum absolute atomic E-state index is 5.27. The molecule has 0 radical (unpaired) electrons. The molecule has 0 spiro atoms. The van der Waals surface area contributed by atoms with Crippen LogP contribution in [0.2, 0.25) is 0 Å².